The molecule has 1 aromatic rings. The molecular formula is C15H18N2O3. The van der Waals surface area contributed by atoms with Crippen molar-refractivity contribution in [3.63, 3.8) is 0 Å². The SMILES string of the molecule is COC[C@@H]1C[C@H](OC)CN1C(=O)c1cccc(C#N)c1. The Kier molecular flexibility index (Phi) is 4.72. The van der Waals surface area contributed by atoms with Crippen LogP contribution in [0.25, 0.3) is 0 Å². The highest BCUT2D eigenvalue weighted by molar-refractivity contribution is 5.95. The highest BCUT2D eigenvalue weighted by Crippen LogP contribution is 2.23. The second kappa shape index (κ2) is 6.51. The number of methoxy groups -OCH3 is 2. The maximum absolute atomic E-state index is 12.6. The first-order chi connectivity index (χ1) is 9.69. The summed E-state index contributed by atoms with van der Waals surface area (Å²) in [6.45, 7) is 1.05. The van der Waals surface area contributed by atoms with Gasteiger partial charge in [-0.15, -0.1) is 0 Å². The minimum atomic E-state index is -0.0799. The van der Waals surface area contributed by atoms with Crippen LogP contribution in [0.5, 0.6) is 0 Å². The molecule has 5 heteroatoms. The molecule has 1 fully saturated rings. The van der Waals surface area contributed by atoms with Gasteiger partial charge in [0.1, 0.15) is 0 Å². The maximum Gasteiger partial charge on any atom is 0.254 e. The van der Waals surface area contributed by atoms with E-state index in [1.165, 1.54) is 0 Å². The Morgan fingerprint density at radius 2 is 2.30 bits per heavy atom. The topological polar surface area (TPSA) is 62.6 Å². The first kappa shape index (κ1) is 14.5. The van der Waals surface area contributed by atoms with Crippen LogP contribution in [0.4, 0.5) is 0 Å². The number of nitriles is 1. The molecule has 1 aliphatic heterocycles. The average molecular weight is 274 g/mol. The van der Waals surface area contributed by atoms with Gasteiger partial charge in [-0.2, -0.15) is 5.26 Å². The van der Waals surface area contributed by atoms with Crippen molar-refractivity contribution in [2.45, 2.75) is 18.6 Å². The van der Waals surface area contributed by atoms with Gasteiger partial charge in [0.2, 0.25) is 0 Å². The molecule has 0 bridgehead atoms. The van der Waals surface area contributed by atoms with Gasteiger partial charge in [-0.3, -0.25) is 4.79 Å². The summed E-state index contributed by atoms with van der Waals surface area (Å²) in [7, 11) is 3.28. The lowest BCUT2D eigenvalue weighted by Gasteiger charge is -2.23. The van der Waals surface area contributed by atoms with Crippen molar-refractivity contribution in [1.29, 1.82) is 5.26 Å². The van der Waals surface area contributed by atoms with Crippen LogP contribution in [0, 0.1) is 11.3 Å². The van der Waals surface area contributed by atoms with Gasteiger partial charge in [0, 0.05) is 26.3 Å². The van der Waals surface area contributed by atoms with E-state index in [0.717, 1.165) is 6.42 Å². The van der Waals surface area contributed by atoms with Crippen LogP contribution in [-0.4, -0.2) is 50.3 Å². The number of rotatable bonds is 4. The number of benzene rings is 1. The van der Waals surface area contributed by atoms with E-state index in [0.29, 0.717) is 24.3 Å². The highest BCUT2D eigenvalue weighted by atomic mass is 16.5. The molecule has 1 saturated heterocycles. The lowest BCUT2D eigenvalue weighted by atomic mass is 10.1. The van der Waals surface area contributed by atoms with Gasteiger partial charge in [0.15, 0.2) is 0 Å². The Labute approximate surface area is 118 Å². The molecule has 1 aromatic carbocycles. The van der Waals surface area contributed by atoms with Crippen LogP contribution in [0.2, 0.25) is 0 Å². The summed E-state index contributed by atoms with van der Waals surface area (Å²) in [4.78, 5) is 14.3. The van der Waals surface area contributed by atoms with Gasteiger partial charge < -0.3 is 14.4 Å². The molecule has 0 saturated carbocycles. The fourth-order valence-corrected chi connectivity index (χ4v) is 2.53. The Hall–Kier alpha value is -1.90. The van der Waals surface area contributed by atoms with Gasteiger partial charge in [0.05, 0.1) is 30.4 Å². The van der Waals surface area contributed by atoms with E-state index in [2.05, 4.69) is 0 Å². The number of carbonyl (C=O) groups is 1. The van der Waals surface area contributed by atoms with Crippen molar-refractivity contribution in [2.24, 2.45) is 0 Å². The first-order valence-electron chi connectivity index (χ1n) is 6.52. The quantitative estimate of drug-likeness (QED) is 0.833. The zero-order valence-electron chi connectivity index (χ0n) is 11.7. The van der Waals surface area contributed by atoms with Crippen molar-refractivity contribution in [1.82, 2.24) is 4.90 Å². The molecule has 20 heavy (non-hydrogen) atoms. The monoisotopic (exact) mass is 274 g/mol. The smallest absolute Gasteiger partial charge is 0.254 e. The number of hydrogen-bond donors (Lipinski definition) is 0. The highest BCUT2D eigenvalue weighted by Gasteiger charge is 2.35. The van der Waals surface area contributed by atoms with Gasteiger partial charge >= 0.3 is 0 Å². The largest absolute Gasteiger partial charge is 0.383 e. The van der Waals surface area contributed by atoms with E-state index >= 15 is 0 Å². The van der Waals surface area contributed by atoms with E-state index < -0.39 is 0 Å². The fourth-order valence-electron chi connectivity index (χ4n) is 2.53. The van der Waals surface area contributed by atoms with Crippen molar-refractivity contribution >= 4 is 5.91 Å². The summed E-state index contributed by atoms with van der Waals surface area (Å²) in [5.74, 6) is -0.0799. The third kappa shape index (κ3) is 2.98. The Bertz CT molecular complexity index is 524. The minimum Gasteiger partial charge on any atom is -0.383 e. The normalized spacial score (nSPS) is 21.8. The number of amides is 1. The van der Waals surface area contributed by atoms with Gasteiger partial charge in [-0.25, -0.2) is 0 Å². The molecule has 2 atom stereocenters. The Morgan fingerprint density at radius 3 is 2.95 bits per heavy atom. The molecular weight excluding hydrogens is 256 g/mol. The first-order valence-corrected chi connectivity index (χ1v) is 6.52. The molecule has 2 rings (SSSR count). The molecule has 1 amide bonds. The molecule has 1 heterocycles. The summed E-state index contributed by atoms with van der Waals surface area (Å²) in [5, 5.41) is 8.91. The molecule has 1 aliphatic rings. The molecule has 0 aliphatic carbocycles. The van der Waals surface area contributed by atoms with Crippen LogP contribution in [0.1, 0.15) is 22.3 Å². The molecule has 0 N–H and O–H groups in total. The fraction of sp³-hybridized carbons (Fsp3) is 0.467. The summed E-state index contributed by atoms with van der Waals surface area (Å²) in [5.41, 5.74) is 1.02. The predicted molar refractivity (Wildman–Crippen MR) is 73.3 cm³/mol. The maximum atomic E-state index is 12.6. The number of hydrogen-bond acceptors (Lipinski definition) is 4. The van der Waals surface area contributed by atoms with E-state index in [1.54, 1.807) is 43.4 Å². The average Bonchev–Trinajstić information content (AvgIpc) is 2.90. The summed E-state index contributed by atoms with van der Waals surface area (Å²) < 4.78 is 10.5. The number of nitrogens with zero attached hydrogens (tertiary/aromatic N) is 2. The second-order valence-electron chi connectivity index (χ2n) is 4.85. The van der Waals surface area contributed by atoms with Crippen LogP contribution >= 0.6 is 0 Å². The molecule has 0 radical (unpaired) electrons. The Balaban J connectivity index is 2.19. The zero-order chi connectivity index (χ0) is 14.5. The number of likely N-dealkylation sites (tertiary alicyclic amines) is 1. The summed E-state index contributed by atoms with van der Waals surface area (Å²) >= 11 is 0. The lowest BCUT2D eigenvalue weighted by Crippen LogP contribution is -2.38. The van der Waals surface area contributed by atoms with Gasteiger partial charge in [-0.05, 0) is 24.6 Å². The third-order valence-electron chi connectivity index (χ3n) is 3.57. The van der Waals surface area contributed by atoms with Crippen LogP contribution in [0.3, 0.4) is 0 Å². The van der Waals surface area contributed by atoms with Crippen LogP contribution in [-0.2, 0) is 9.47 Å². The predicted octanol–water partition coefficient (Wildman–Crippen LogP) is 1.43. The van der Waals surface area contributed by atoms with Crippen LogP contribution in [0.15, 0.2) is 24.3 Å². The van der Waals surface area contributed by atoms with E-state index in [9.17, 15) is 4.79 Å². The molecule has 0 unspecified atom stereocenters. The van der Waals surface area contributed by atoms with Gasteiger partial charge in [-0.1, -0.05) is 6.07 Å². The van der Waals surface area contributed by atoms with E-state index in [-0.39, 0.29) is 18.1 Å². The Morgan fingerprint density at radius 1 is 1.50 bits per heavy atom. The van der Waals surface area contributed by atoms with Crippen molar-refractivity contribution < 1.29 is 14.3 Å². The number of carbonyl (C=O) groups excluding carboxylic acids is 1. The van der Waals surface area contributed by atoms with Crippen LogP contribution < -0.4 is 0 Å². The molecule has 5 nitrogen and oxygen atoms in total. The van der Waals surface area contributed by atoms with Crippen molar-refractivity contribution in [3.8, 4) is 6.07 Å². The zero-order valence-corrected chi connectivity index (χ0v) is 11.7. The van der Waals surface area contributed by atoms with E-state index in [1.807, 2.05) is 6.07 Å². The van der Waals surface area contributed by atoms with Gasteiger partial charge in [0.25, 0.3) is 5.91 Å². The molecule has 106 valence electrons. The number of ether oxygens (including phenoxy) is 2. The van der Waals surface area contributed by atoms with Crippen molar-refractivity contribution in [2.75, 3.05) is 27.4 Å². The molecule has 0 aromatic heterocycles. The van der Waals surface area contributed by atoms with E-state index in [4.69, 9.17) is 14.7 Å². The minimum absolute atomic E-state index is 0.0168. The molecule has 0 spiro atoms. The van der Waals surface area contributed by atoms with Crippen molar-refractivity contribution in [3.05, 3.63) is 35.4 Å². The lowest BCUT2D eigenvalue weighted by molar-refractivity contribution is 0.0612. The summed E-state index contributed by atoms with van der Waals surface area (Å²) in [6.07, 6.45) is 0.812. The standard InChI is InChI=1S/C15H18N2O3/c1-19-10-13-7-14(20-2)9-17(13)15(18)12-5-3-4-11(6-12)8-16/h3-6,13-14H,7,9-10H2,1-2H3/t13-,14-/m0/s1. The summed E-state index contributed by atoms with van der Waals surface area (Å²) in [6, 6.07) is 8.82. The third-order valence-corrected chi connectivity index (χ3v) is 3.57. The second-order valence-corrected chi connectivity index (χ2v) is 4.85.